The first-order valence-corrected chi connectivity index (χ1v) is 8.11. The molecule has 0 radical (unpaired) electrons. The van der Waals surface area contributed by atoms with Gasteiger partial charge in [-0.3, -0.25) is 4.57 Å². The fraction of sp³-hybridized carbons (Fsp3) is 1.00. The lowest BCUT2D eigenvalue weighted by Crippen LogP contribution is -2.43. The fourth-order valence-corrected chi connectivity index (χ4v) is 4.22. The molecule has 1 aliphatic rings. The number of hydrogen-bond acceptors (Lipinski definition) is 3. The summed E-state index contributed by atoms with van der Waals surface area (Å²) in [7, 11) is -2.67. The van der Waals surface area contributed by atoms with E-state index < -0.39 is 7.52 Å². The van der Waals surface area contributed by atoms with Gasteiger partial charge < -0.3 is 9.84 Å². The lowest BCUT2D eigenvalue weighted by molar-refractivity contribution is 0.171. The molecular weight excluding hydrogens is 235 g/mol. The Morgan fingerprint density at radius 2 is 1.82 bits per heavy atom. The molecule has 0 bridgehead atoms. The number of nitrogens with zero attached hydrogens (tertiary/aromatic N) is 1. The Balaban J connectivity index is 2.71. The lowest BCUT2D eigenvalue weighted by atomic mass is 9.99. The van der Waals surface area contributed by atoms with Crippen LogP contribution in [-0.2, 0) is 9.09 Å². The van der Waals surface area contributed by atoms with Crippen LogP contribution in [0.25, 0.3) is 0 Å². The number of hydrogen-bond donors (Lipinski definition) is 1. The Morgan fingerprint density at radius 1 is 1.29 bits per heavy atom. The van der Waals surface area contributed by atoms with Gasteiger partial charge in [0.1, 0.15) is 0 Å². The van der Waals surface area contributed by atoms with Crippen molar-refractivity contribution in [3.63, 3.8) is 0 Å². The Hall–Kier alpha value is 0.110. The van der Waals surface area contributed by atoms with Crippen LogP contribution in [0.4, 0.5) is 0 Å². The van der Waals surface area contributed by atoms with Gasteiger partial charge in [-0.1, -0.05) is 34.6 Å². The minimum absolute atomic E-state index is 0.0542. The highest BCUT2D eigenvalue weighted by Crippen LogP contribution is 2.55. The van der Waals surface area contributed by atoms with Crippen molar-refractivity contribution in [1.29, 1.82) is 0 Å². The third-order valence-corrected chi connectivity index (χ3v) is 5.82. The van der Waals surface area contributed by atoms with Gasteiger partial charge in [-0.2, -0.15) is 0 Å². The van der Waals surface area contributed by atoms with Gasteiger partial charge in [0.05, 0.1) is 6.61 Å². The summed E-state index contributed by atoms with van der Waals surface area (Å²) in [6.07, 6.45) is 0. The molecule has 0 saturated carbocycles. The van der Waals surface area contributed by atoms with Crippen molar-refractivity contribution < 1.29 is 9.09 Å². The molecule has 1 heterocycles. The number of piperazine rings is 1. The highest BCUT2D eigenvalue weighted by molar-refractivity contribution is 7.57. The van der Waals surface area contributed by atoms with E-state index in [2.05, 4.69) is 26.1 Å². The molecule has 0 amide bonds. The number of rotatable bonds is 4. The van der Waals surface area contributed by atoms with E-state index in [0.717, 1.165) is 26.2 Å². The summed E-state index contributed by atoms with van der Waals surface area (Å²) in [5, 5.41) is 3.28. The van der Waals surface area contributed by atoms with Gasteiger partial charge in [-0.25, -0.2) is 4.67 Å². The molecule has 102 valence electrons. The van der Waals surface area contributed by atoms with Crippen molar-refractivity contribution >= 4 is 7.52 Å². The standard InChI is InChI=1S/C12H27N2O2P/c1-11(2)17(15,16-10-12(3,4)5)14-8-6-13-7-9-14/h11,13H,6-10H2,1-5H3. The Labute approximate surface area is 106 Å². The first-order valence-electron chi connectivity index (χ1n) is 6.46. The summed E-state index contributed by atoms with van der Waals surface area (Å²) in [4.78, 5) is 0. The van der Waals surface area contributed by atoms with Crippen molar-refractivity contribution in [2.24, 2.45) is 5.41 Å². The maximum atomic E-state index is 13.0. The molecule has 4 nitrogen and oxygen atoms in total. The fourth-order valence-electron chi connectivity index (χ4n) is 1.78. The SMILES string of the molecule is CC(C)P(=O)(OCC(C)(C)C)N1CCNCC1. The second-order valence-electron chi connectivity index (χ2n) is 6.20. The molecule has 1 fully saturated rings. The minimum atomic E-state index is -2.67. The summed E-state index contributed by atoms with van der Waals surface area (Å²) in [5.41, 5.74) is 0.112. The van der Waals surface area contributed by atoms with Crippen LogP contribution < -0.4 is 5.32 Å². The third kappa shape index (κ3) is 4.36. The summed E-state index contributed by atoms with van der Waals surface area (Å²) in [6.45, 7) is 14.3. The van der Waals surface area contributed by atoms with Crippen molar-refractivity contribution in [3.8, 4) is 0 Å². The molecular formula is C12H27N2O2P. The summed E-state index contributed by atoms with van der Waals surface area (Å²) in [5.74, 6) is 0. The zero-order valence-corrected chi connectivity index (χ0v) is 12.7. The van der Waals surface area contributed by atoms with Gasteiger partial charge in [0.15, 0.2) is 0 Å². The first-order chi connectivity index (χ1) is 7.76. The zero-order valence-electron chi connectivity index (χ0n) is 11.8. The highest BCUT2D eigenvalue weighted by atomic mass is 31.2. The monoisotopic (exact) mass is 262 g/mol. The topological polar surface area (TPSA) is 41.6 Å². The molecule has 1 N–H and O–H groups in total. The molecule has 1 aliphatic heterocycles. The molecule has 5 heteroatoms. The predicted octanol–water partition coefficient (Wildman–Crippen LogP) is 2.56. The Bertz CT molecular complexity index is 281. The molecule has 1 saturated heterocycles. The van der Waals surface area contributed by atoms with Crippen LogP contribution in [0.15, 0.2) is 0 Å². The first kappa shape index (κ1) is 15.2. The molecule has 0 aromatic rings. The zero-order chi connectivity index (χ0) is 13.1. The van der Waals surface area contributed by atoms with Crippen molar-refractivity contribution in [2.75, 3.05) is 32.8 Å². The summed E-state index contributed by atoms with van der Waals surface area (Å²) in [6, 6.07) is 0. The quantitative estimate of drug-likeness (QED) is 0.791. The molecule has 1 unspecified atom stereocenters. The van der Waals surface area contributed by atoms with E-state index >= 15 is 0 Å². The molecule has 0 aliphatic carbocycles. The Morgan fingerprint density at radius 3 is 2.24 bits per heavy atom. The van der Waals surface area contributed by atoms with E-state index in [1.807, 2.05) is 18.5 Å². The van der Waals surface area contributed by atoms with E-state index in [0.29, 0.717) is 6.61 Å². The average molecular weight is 262 g/mol. The van der Waals surface area contributed by atoms with Crippen LogP contribution in [0.3, 0.4) is 0 Å². The minimum Gasteiger partial charge on any atom is -0.317 e. The maximum absolute atomic E-state index is 13.0. The van der Waals surface area contributed by atoms with Crippen LogP contribution in [0.2, 0.25) is 0 Å². The van der Waals surface area contributed by atoms with Crippen LogP contribution in [0.1, 0.15) is 34.6 Å². The van der Waals surface area contributed by atoms with Crippen LogP contribution in [-0.4, -0.2) is 43.1 Å². The van der Waals surface area contributed by atoms with Gasteiger partial charge in [-0.15, -0.1) is 0 Å². The molecule has 0 aromatic heterocycles. The van der Waals surface area contributed by atoms with E-state index in [1.165, 1.54) is 0 Å². The Kier molecular flexibility index (Phi) is 5.21. The molecule has 1 rings (SSSR count). The highest BCUT2D eigenvalue weighted by Gasteiger charge is 2.36. The van der Waals surface area contributed by atoms with Gasteiger partial charge in [0.25, 0.3) is 7.52 Å². The molecule has 0 spiro atoms. The van der Waals surface area contributed by atoms with Crippen LogP contribution in [0.5, 0.6) is 0 Å². The van der Waals surface area contributed by atoms with Crippen molar-refractivity contribution in [3.05, 3.63) is 0 Å². The van der Waals surface area contributed by atoms with E-state index in [4.69, 9.17) is 4.52 Å². The van der Waals surface area contributed by atoms with Gasteiger partial charge >= 0.3 is 0 Å². The van der Waals surface area contributed by atoms with Gasteiger partial charge in [-0.05, 0) is 5.41 Å². The van der Waals surface area contributed by atoms with Gasteiger partial charge in [0.2, 0.25) is 0 Å². The van der Waals surface area contributed by atoms with E-state index in [1.54, 1.807) is 0 Å². The van der Waals surface area contributed by atoms with Crippen molar-refractivity contribution in [1.82, 2.24) is 9.99 Å². The van der Waals surface area contributed by atoms with E-state index in [9.17, 15) is 4.57 Å². The second-order valence-corrected chi connectivity index (χ2v) is 9.18. The van der Waals surface area contributed by atoms with Crippen LogP contribution >= 0.6 is 7.52 Å². The smallest absolute Gasteiger partial charge is 0.274 e. The maximum Gasteiger partial charge on any atom is 0.274 e. The predicted molar refractivity (Wildman–Crippen MR) is 72.6 cm³/mol. The summed E-state index contributed by atoms with van der Waals surface area (Å²) >= 11 is 0. The second kappa shape index (κ2) is 5.83. The van der Waals surface area contributed by atoms with E-state index in [-0.39, 0.29) is 11.1 Å². The van der Waals surface area contributed by atoms with Gasteiger partial charge in [0, 0.05) is 31.8 Å². The summed E-state index contributed by atoms with van der Waals surface area (Å²) < 4.78 is 20.9. The normalized spacial score (nSPS) is 22.7. The van der Waals surface area contributed by atoms with Crippen LogP contribution in [0, 0.1) is 5.41 Å². The lowest BCUT2D eigenvalue weighted by Gasteiger charge is -2.37. The third-order valence-electron chi connectivity index (χ3n) is 2.82. The largest absolute Gasteiger partial charge is 0.317 e. The molecule has 17 heavy (non-hydrogen) atoms. The molecule has 1 atom stereocenters. The van der Waals surface area contributed by atoms with Crippen molar-refractivity contribution in [2.45, 2.75) is 40.3 Å². The number of nitrogens with one attached hydrogen (secondary N) is 1. The molecule has 0 aromatic carbocycles. The average Bonchev–Trinajstić information content (AvgIpc) is 2.26.